The van der Waals surface area contributed by atoms with Crippen LogP contribution in [0, 0.1) is 5.92 Å². The molecule has 0 saturated heterocycles. The molecule has 36 heavy (non-hydrogen) atoms. The summed E-state index contributed by atoms with van der Waals surface area (Å²) in [6, 6.07) is -4.10. The minimum absolute atomic E-state index is 0.0322. The Bertz CT molecular complexity index is 794. The zero-order chi connectivity index (χ0) is 27.8. The lowest BCUT2D eigenvalue weighted by atomic mass is 10.0. The van der Waals surface area contributed by atoms with Crippen molar-refractivity contribution in [1.82, 2.24) is 16.0 Å². The van der Waals surface area contributed by atoms with Crippen molar-refractivity contribution in [3.63, 3.8) is 0 Å². The van der Waals surface area contributed by atoms with E-state index < -0.39 is 47.9 Å². The van der Waals surface area contributed by atoms with Gasteiger partial charge in [0.1, 0.15) is 18.1 Å². The fraction of sp³-hybridized carbons (Fsp3) is 0.714. The van der Waals surface area contributed by atoms with E-state index in [2.05, 4.69) is 25.9 Å². The number of hydrogen-bond donors (Lipinski definition) is 9. The van der Waals surface area contributed by atoms with Crippen LogP contribution in [0.1, 0.15) is 52.9 Å². The Morgan fingerprint density at radius 3 is 1.72 bits per heavy atom. The zero-order valence-electron chi connectivity index (χ0n) is 21.2. The highest BCUT2D eigenvalue weighted by atomic mass is 16.4. The highest BCUT2D eigenvalue weighted by Crippen LogP contribution is 2.06. The summed E-state index contributed by atoms with van der Waals surface area (Å²) in [5, 5.41) is 16.8. The Balaban J connectivity index is 5.18. The number of nitrogens with zero attached hydrogens (tertiary/aromatic N) is 2. The third kappa shape index (κ3) is 14.6. The number of aliphatic carboxylic acids is 1. The van der Waals surface area contributed by atoms with Crippen molar-refractivity contribution in [2.24, 2.45) is 44.6 Å². The number of carboxylic acids is 1. The molecule has 0 heterocycles. The molecule has 206 valence electrons. The van der Waals surface area contributed by atoms with Gasteiger partial charge in [-0.3, -0.25) is 24.4 Å². The van der Waals surface area contributed by atoms with E-state index in [1.54, 1.807) is 0 Å². The van der Waals surface area contributed by atoms with Crippen molar-refractivity contribution >= 4 is 35.6 Å². The van der Waals surface area contributed by atoms with Crippen LogP contribution in [0.3, 0.4) is 0 Å². The lowest BCUT2D eigenvalue weighted by Gasteiger charge is -2.24. The van der Waals surface area contributed by atoms with Crippen LogP contribution in [0.2, 0.25) is 0 Å². The van der Waals surface area contributed by atoms with Crippen molar-refractivity contribution in [1.29, 1.82) is 0 Å². The molecule has 0 aliphatic carbocycles. The third-order valence-corrected chi connectivity index (χ3v) is 4.96. The van der Waals surface area contributed by atoms with E-state index >= 15 is 0 Å². The molecule has 14 N–H and O–H groups in total. The molecule has 15 nitrogen and oxygen atoms in total. The Kier molecular flexibility index (Phi) is 15.2. The maximum Gasteiger partial charge on any atom is 0.326 e. The average Bonchev–Trinajstić information content (AvgIpc) is 2.76. The summed E-state index contributed by atoms with van der Waals surface area (Å²) in [6.45, 7) is 5.59. The number of carbonyl (C=O) groups is 4. The normalized spacial score (nSPS) is 14.0. The first-order valence-electron chi connectivity index (χ1n) is 11.7. The minimum atomic E-state index is -1.17. The molecule has 15 heteroatoms. The van der Waals surface area contributed by atoms with Crippen molar-refractivity contribution in [2.45, 2.75) is 77.0 Å². The standard InChI is InChI=1S/C21H42N10O5/c1-11(2)10-15(19(35)36)31-16(32)12(3)29-18(34)14(7-5-9-28-21(25)26)30-17(33)13(22)6-4-8-27-20(23)24/h11-15H,4-10,22H2,1-3H3,(H,29,34)(H,30,33)(H,31,32)(H,35,36)(H4,23,24,27)(H4,25,26,28). The predicted molar refractivity (Wildman–Crippen MR) is 136 cm³/mol. The van der Waals surface area contributed by atoms with Gasteiger partial charge in [0.15, 0.2) is 11.9 Å². The molecule has 0 fully saturated rings. The number of guanidine groups is 2. The van der Waals surface area contributed by atoms with E-state index in [1.807, 2.05) is 13.8 Å². The summed E-state index contributed by atoms with van der Waals surface area (Å²) in [5.41, 5.74) is 27.1. The Labute approximate surface area is 211 Å². The largest absolute Gasteiger partial charge is 0.480 e. The Morgan fingerprint density at radius 2 is 1.25 bits per heavy atom. The summed E-state index contributed by atoms with van der Waals surface area (Å²) in [6.07, 6.45) is 1.47. The zero-order valence-corrected chi connectivity index (χ0v) is 21.2. The number of hydrogen-bond acceptors (Lipinski definition) is 7. The predicted octanol–water partition coefficient (Wildman–Crippen LogP) is -2.97. The van der Waals surface area contributed by atoms with Crippen LogP contribution in [-0.4, -0.2) is 78.0 Å². The van der Waals surface area contributed by atoms with Gasteiger partial charge in [0.05, 0.1) is 6.04 Å². The van der Waals surface area contributed by atoms with E-state index in [0.717, 1.165) is 0 Å². The molecule has 0 aliphatic heterocycles. The van der Waals surface area contributed by atoms with E-state index in [0.29, 0.717) is 19.4 Å². The van der Waals surface area contributed by atoms with Gasteiger partial charge < -0.3 is 49.7 Å². The summed E-state index contributed by atoms with van der Waals surface area (Å²) in [4.78, 5) is 57.0. The summed E-state index contributed by atoms with van der Waals surface area (Å²) < 4.78 is 0. The topological polar surface area (TPSA) is 279 Å². The maximum atomic E-state index is 12.9. The number of nitrogens with one attached hydrogen (secondary N) is 3. The fourth-order valence-corrected chi connectivity index (χ4v) is 3.07. The molecule has 0 radical (unpaired) electrons. The molecular formula is C21H42N10O5. The highest BCUT2D eigenvalue weighted by molar-refractivity contribution is 5.93. The Morgan fingerprint density at radius 1 is 0.750 bits per heavy atom. The smallest absolute Gasteiger partial charge is 0.326 e. The van der Waals surface area contributed by atoms with Crippen LogP contribution in [0.4, 0.5) is 0 Å². The monoisotopic (exact) mass is 514 g/mol. The lowest BCUT2D eigenvalue weighted by molar-refractivity contribution is -0.142. The van der Waals surface area contributed by atoms with Crippen LogP contribution in [0.15, 0.2) is 9.98 Å². The highest BCUT2D eigenvalue weighted by Gasteiger charge is 2.28. The van der Waals surface area contributed by atoms with E-state index in [4.69, 9.17) is 28.7 Å². The van der Waals surface area contributed by atoms with Crippen LogP contribution >= 0.6 is 0 Å². The van der Waals surface area contributed by atoms with Crippen molar-refractivity contribution in [3.05, 3.63) is 0 Å². The second-order valence-electron chi connectivity index (χ2n) is 8.82. The fourth-order valence-electron chi connectivity index (χ4n) is 3.07. The van der Waals surface area contributed by atoms with Gasteiger partial charge in [-0.05, 0) is 44.9 Å². The molecule has 0 aromatic heterocycles. The van der Waals surface area contributed by atoms with Crippen molar-refractivity contribution in [2.75, 3.05) is 13.1 Å². The number of nitrogens with two attached hydrogens (primary N) is 5. The summed E-state index contributed by atoms with van der Waals surface area (Å²) >= 11 is 0. The second-order valence-corrected chi connectivity index (χ2v) is 8.82. The number of carbonyl (C=O) groups excluding carboxylic acids is 3. The number of aliphatic imine (C=N–C) groups is 2. The van der Waals surface area contributed by atoms with Gasteiger partial charge in [-0.2, -0.15) is 0 Å². The molecule has 4 atom stereocenters. The first kappa shape index (κ1) is 32.4. The van der Waals surface area contributed by atoms with E-state index in [9.17, 15) is 24.3 Å². The molecule has 0 aromatic carbocycles. The van der Waals surface area contributed by atoms with Crippen molar-refractivity contribution < 1.29 is 24.3 Å². The molecule has 0 spiro atoms. The quantitative estimate of drug-likeness (QED) is 0.0539. The van der Waals surface area contributed by atoms with Crippen LogP contribution in [0.5, 0.6) is 0 Å². The van der Waals surface area contributed by atoms with Crippen LogP contribution in [0.25, 0.3) is 0 Å². The third-order valence-electron chi connectivity index (χ3n) is 4.96. The van der Waals surface area contributed by atoms with Crippen LogP contribution < -0.4 is 44.6 Å². The van der Waals surface area contributed by atoms with Crippen molar-refractivity contribution in [3.8, 4) is 0 Å². The maximum absolute atomic E-state index is 12.9. The van der Waals surface area contributed by atoms with Gasteiger partial charge in [0.25, 0.3) is 0 Å². The van der Waals surface area contributed by atoms with Gasteiger partial charge in [-0.1, -0.05) is 13.8 Å². The minimum Gasteiger partial charge on any atom is -0.480 e. The molecule has 4 unspecified atom stereocenters. The first-order valence-corrected chi connectivity index (χ1v) is 11.7. The van der Waals surface area contributed by atoms with Gasteiger partial charge in [0.2, 0.25) is 17.7 Å². The number of amides is 3. The SMILES string of the molecule is CC(C)CC(NC(=O)C(C)NC(=O)C(CCCN=C(N)N)NC(=O)C(N)CCCN=C(N)N)C(=O)O. The molecule has 0 aliphatic rings. The summed E-state index contributed by atoms with van der Waals surface area (Å²) in [5.74, 6) is -3.19. The number of carboxylic acid groups (broad SMARTS) is 1. The second kappa shape index (κ2) is 16.9. The Hall–Kier alpha value is -3.62. The molecule has 0 saturated carbocycles. The van der Waals surface area contributed by atoms with Gasteiger partial charge in [-0.15, -0.1) is 0 Å². The average molecular weight is 515 g/mol. The molecule has 0 rings (SSSR count). The summed E-state index contributed by atoms with van der Waals surface area (Å²) in [7, 11) is 0. The lowest BCUT2D eigenvalue weighted by Crippen LogP contribution is -2.56. The van der Waals surface area contributed by atoms with E-state index in [1.165, 1.54) is 6.92 Å². The first-order chi connectivity index (χ1) is 16.7. The van der Waals surface area contributed by atoms with Crippen LogP contribution in [-0.2, 0) is 19.2 Å². The molecule has 0 aromatic rings. The van der Waals surface area contributed by atoms with E-state index in [-0.39, 0.29) is 43.6 Å². The molecule has 0 bridgehead atoms. The van der Waals surface area contributed by atoms with Gasteiger partial charge >= 0.3 is 5.97 Å². The number of rotatable bonds is 17. The molecule has 3 amide bonds. The van der Waals surface area contributed by atoms with Gasteiger partial charge in [0, 0.05) is 13.1 Å². The van der Waals surface area contributed by atoms with Gasteiger partial charge in [-0.25, -0.2) is 4.79 Å². The molecular weight excluding hydrogens is 472 g/mol.